The summed E-state index contributed by atoms with van der Waals surface area (Å²) in [5.41, 5.74) is 1.28. The lowest BCUT2D eigenvalue weighted by Gasteiger charge is -2.10. The van der Waals surface area contributed by atoms with E-state index in [2.05, 4.69) is 10.2 Å². The Hall–Kier alpha value is -4.79. The molecule has 0 amide bonds. The lowest BCUT2D eigenvalue weighted by molar-refractivity contribution is -0.133. The smallest absolute Gasteiger partial charge is 0.374 e. The van der Waals surface area contributed by atoms with Crippen LogP contribution in [-0.2, 0) is 11.2 Å². The van der Waals surface area contributed by atoms with E-state index in [1.807, 2.05) is 36.4 Å². The van der Waals surface area contributed by atoms with Gasteiger partial charge in [-0.15, -0.1) is 9.78 Å². The molecule has 35 heavy (non-hydrogen) atoms. The Labute approximate surface area is 200 Å². The van der Waals surface area contributed by atoms with E-state index in [4.69, 9.17) is 9.47 Å². The van der Waals surface area contributed by atoms with Crippen LogP contribution in [-0.4, -0.2) is 39.7 Å². The molecule has 0 aliphatic heterocycles. The van der Waals surface area contributed by atoms with Crippen molar-refractivity contribution in [1.29, 1.82) is 0 Å². The van der Waals surface area contributed by atoms with Gasteiger partial charge < -0.3 is 9.47 Å². The largest absolute Gasteiger partial charge is 0.493 e. The minimum absolute atomic E-state index is 0.0996. The monoisotopic (exact) mass is 470 g/mol. The molecule has 0 aliphatic rings. The molecule has 0 bridgehead atoms. The van der Waals surface area contributed by atoms with E-state index in [0.29, 0.717) is 16.9 Å². The highest BCUT2D eigenvalue weighted by atomic mass is 16.6. The first-order chi connectivity index (χ1) is 17.0. The van der Waals surface area contributed by atoms with Gasteiger partial charge in [-0.2, -0.15) is 9.78 Å². The molecule has 1 heterocycles. The minimum Gasteiger partial charge on any atom is -0.493 e. The van der Waals surface area contributed by atoms with Crippen LogP contribution >= 0.6 is 0 Å². The predicted molar refractivity (Wildman–Crippen MR) is 130 cm³/mol. The SMILES string of the molecule is COc1ccc(/C=N/n2c(-c3ccccc3)nn(C(C)=O)c2=O)cc1OC(=O)Cc1ccccc1. The molecule has 176 valence electrons. The van der Waals surface area contributed by atoms with Gasteiger partial charge in [-0.1, -0.05) is 60.7 Å². The highest BCUT2D eigenvalue weighted by molar-refractivity contribution is 5.82. The molecule has 0 saturated heterocycles. The van der Waals surface area contributed by atoms with Gasteiger partial charge in [-0.25, -0.2) is 4.79 Å². The summed E-state index contributed by atoms with van der Waals surface area (Å²) in [6, 6.07) is 23.1. The van der Waals surface area contributed by atoms with Crippen LogP contribution in [0.2, 0.25) is 0 Å². The maximum atomic E-state index is 12.8. The van der Waals surface area contributed by atoms with E-state index in [-0.39, 0.29) is 18.0 Å². The van der Waals surface area contributed by atoms with Crippen LogP contribution in [0.1, 0.15) is 22.8 Å². The van der Waals surface area contributed by atoms with E-state index in [0.717, 1.165) is 14.9 Å². The lowest BCUT2D eigenvalue weighted by atomic mass is 10.1. The van der Waals surface area contributed by atoms with Gasteiger partial charge in [0.05, 0.1) is 19.7 Å². The molecule has 0 N–H and O–H groups in total. The molecule has 0 radical (unpaired) electrons. The fourth-order valence-electron chi connectivity index (χ4n) is 3.34. The van der Waals surface area contributed by atoms with Crippen LogP contribution in [0.15, 0.2) is 88.8 Å². The first-order valence-electron chi connectivity index (χ1n) is 10.7. The number of carbonyl (C=O) groups is 2. The molecule has 0 fully saturated rings. The third-order valence-electron chi connectivity index (χ3n) is 5.01. The number of carbonyl (C=O) groups excluding carboxylic acids is 2. The number of rotatable bonds is 7. The summed E-state index contributed by atoms with van der Waals surface area (Å²) in [4.78, 5) is 37.1. The Bertz CT molecular complexity index is 1440. The Morgan fingerprint density at radius 1 is 0.971 bits per heavy atom. The summed E-state index contributed by atoms with van der Waals surface area (Å²) in [5.74, 6) is -0.181. The normalized spacial score (nSPS) is 10.9. The molecular weight excluding hydrogens is 448 g/mol. The van der Waals surface area contributed by atoms with Gasteiger partial charge in [0.25, 0.3) is 0 Å². The van der Waals surface area contributed by atoms with Crippen molar-refractivity contribution in [3.8, 4) is 22.9 Å². The molecule has 9 nitrogen and oxygen atoms in total. The van der Waals surface area contributed by atoms with Crippen molar-refractivity contribution in [2.45, 2.75) is 13.3 Å². The summed E-state index contributed by atoms with van der Waals surface area (Å²) >= 11 is 0. The van der Waals surface area contributed by atoms with Crippen LogP contribution in [0.5, 0.6) is 11.5 Å². The summed E-state index contributed by atoms with van der Waals surface area (Å²) in [7, 11) is 1.47. The van der Waals surface area contributed by atoms with Crippen LogP contribution in [0.25, 0.3) is 11.4 Å². The maximum absolute atomic E-state index is 12.8. The third kappa shape index (κ3) is 5.41. The second-order valence-electron chi connectivity index (χ2n) is 7.51. The second-order valence-corrected chi connectivity index (χ2v) is 7.51. The zero-order valence-corrected chi connectivity index (χ0v) is 19.1. The van der Waals surface area contributed by atoms with E-state index in [9.17, 15) is 14.4 Å². The number of methoxy groups -OCH3 is 1. The Morgan fingerprint density at radius 3 is 2.31 bits per heavy atom. The van der Waals surface area contributed by atoms with Gasteiger partial charge in [0.1, 0.15) is 0 Å². The Balaban J connectivity index is 1.64. The first kappa shape index (κ1) is 23.4. The zero-order valence-electron chi connectivity index (χ0n) is 19.1. The van der Waals surface area contributed by atoms with Crippen LogP contribution in [0.3, 0.4) is 0 Å². The van der Waals surface area contributed by atoms with Crippen molar-refractivity contribution in [3.05, 3.63) is 100 Å². The lowest BCUT2D eigenvalue weighted by Crippen LogP contribution is -2.26. The van der Waals surface area contributed by atoms with Crippen molar-refractivity contribution in [3.63, 3.8) is 0 Å². The molecule has 0 unspecified atom stereocenters. The highest BCUT2D eigenvalue weighted by Gasteiger charge is 2.17. The summed E-state index contributed by atoms with van der Waals surface area (Å²) in [5, 5.41) is 8.39. The first-order valence-corrected chi connectivity index (χ1v) is 10.7. The summed E-state index contributed by atoms with van der Waals surface area (Å²) in [6.07, 6.45) is 1.51. The van der Waals surface area contributed by atoms with E-state index in [1.165, 1.54) is 20.2 Å². The fraction of sp³-hybridized carbons (Fsp3) is 0.115. The number of nitrogens with zero attached hydrogens (tertiary/aromatic N) is 4. The standard InChI is InChI=1S/C26H22N4O5/c1-18(31)29-26(33)30(25(28-29)21-11-7-4-8-12-21)27-17-20-13-14-22(34-2)23(15-20)35-24(32)16-19-9-5-3-6-10-19/h3-15,17H,16H2,1-2H3/b27-17+. The second kappa shape index (κ2) is 10.4. The molecule has 0 spiro atoms. The van der Waals surface area contributed by atoms with Crippen molar-refractivity contribution in [2.24, 2.45) is 5.10 Å². The van der Waals surface area contributed by atoms with Gasteiger partial charge >= 0.3 is 11.7 Å². The molecule has 9 heteroatoms. The van der Waals surface area contributed by atoms with Crippen LogP contribution in [0, 0.1) is 0 Å². The quantitative estimate of drug-likeness (QED) is 0.233. The number of ether oxygens (including phenoxy) is 2. The highest BCUT2D eigenvalue weighted by Crippen LogP contribution is 2.28. The molecule has 4 rings (SSSR count). The van der Waals surface area contributed by atoms with E-state index < -0.39 is 17.6 Å². The molecule has 3 aromatic carbocycles. The summed E-state index contributed by atoms with van der Waals surface area (Å²) in [6.45, 7) is 1.25. The molecular formula is C26H22N4O5. The predicted octanol–water partition coefficient (Wildman–Crippen LogP) is 3.41. The molecule has 0 atom stereocenters. The topological polar surface area (TPSA) is 105 Å². The Kier molecular flexibility index (Phi) is 6.96. The van der Waals surface area contributed by atoms with Gasteiger partial charge in [0, 0.05) is 12.5 Å². The fourth-order valence-corrected chi connectivity index (χ4v) is 3.34. The third-order valence-corrected chi connectivity index (χ3v) is 5.01. The maximum Gasteiger partial charge on any atom is 0.374 e. The summed E-state index contributed by atoms with van der Waals surface area (Å²) < 4.78 is 12.6. The average molecular weight is 470 g/mol. The minimum atomic E-state index is -0.698. The van der Waals surface area contributed by atoms with Gasteiger partial charge in [0.15, 0.2) is 17.3 Å². The van der Waals surface area contributed by atoms with Gasteiger partial charge in [-0.3, -0.25) is 9.59 Å². The molecule has 4 aromatic rings. The number of benzene rings is 3. The van der Waals surface area contributed by atoms with Crippen molar-refractivity contribution >= 4 is 18.1 Å². The average Bonchev–Trinajstić information content (AvgIpc) is 3.20. The zero-order chi connectivity index (χ0) is 24.8. The van der Waals surface area contributed by atoms with Crippen molar-refractivity contribution < 1.29 is 19.1 Å². The molecule has 0 aliphatic carbocycles. The Morgan fingerprint density at radius 2 is 1.66 bits per heavy atom. The number of hydrogen-bond acceptors (Lipinski definition) is 7. The van der Waals surface area contributed by atoms with E-state index in [1.54, 1.807) is 42.5 Å². The van der Waals surface area contributed by atoms with Crippen LogP contribution < -0.4 is 15.2 Å². The van der Waals surface area contributed by atoms with E-state index >= 15 is 0 Å². The van der Waals surface area contributed by atoms with Gasteiger partial charge in [-0.05, 0) is 29.3 Å². The number of esters is 1. The van der Waals surface area contributed by atoms with Crippen molar-refractivity contribution in [1.82, 2.24) is 14.5 Å². The van der Waals surface area contributed by atoms with Crippen LogP contribution in [0.4, 0.5) is 0 Å². The molecule has 0 saturated carbocycles. The number of hydrogen-bond donors (Lipinski definition) is 0. The number of aromatic nitrogens is 3. The van der Waals surface area contributed by atoms with Gasteiger partial charge in [0.2, 0.25) is 5.91 Å². The van der Waals surface area contributed by atoms with Crippen molar-refractivity contribution in [2.75, 3.05) is 7.11 Å². The molecule has 1 aromatic heterocycles.